The van der Waals surface area contributed by atoms with Crippen LogP contribution in [0.15, 0.2) is 29.2 Å². The molecule has 0 saturated carbocycles. The maximum Gasteiger partial charge on any atom is 0.573 e. The predicted molar refractivity (Wildman–Crippen MR) is 64.0 cm³/mol. The second-order valence-electron chi connectivity index (χ2n) is 3.19. The summed E-state index contributed by atoms with van der Waals surface area (Å²) in [6.07, 6.45) is -3.44. The Bertz CT molecular complexity index is 621. The van der Waals surface area contributed by atoms with E-state index in [9.17, 15) is 18.0 Å². The van der Waals surface area contributed by atoms with E-state index in [1.54, 1.807) is 22.6 Å². The molecule has 1 aromatic carbocycles. The fraction of sp³-hybridized carbons (Fsp3) is 0.100. The highest BCUT2D eigenvalue weighted by Crippen LogP contribution is 2.27. The first-order valence-corrected chi connectivity index (χ1v) is 5.52. The van der Waals surface area contributed by atoms with Crippen LogP contribution >= 0.6 is 22.6 Å². The summed E-state index contributed by atoms with van der Waals surface area (Å²) < 4.78 is 40.6. The number of aromatic nitrogens is 1. The molecule has 0 atom stereocenters. The lowest BCUT2D eigenvalue weighted by molar-refractivity contribution is -0.274. The first-order valence-electron chi connectivity index (χ1n) is 4.44. The van der Waals surface area contributed by atoms with Gasteiger partial charge < -0.3 is 9.72 Å². The zero-order chi connectivity index (χ0) is 12.6. The molecule has 1 aromatic heterocycles. The Hall–Kier alpha value is -1.25. The van der Waals surface area contributed by atoms with E-state index >= 15 is 0 Å². The van der Waals surface area contributed by atoms with Crippen LogP contribution in [0.3, 0.4) is 0 Å². The Kier molecular flexibility index (Phi) is 3.02. The van der Waals surface area contributed by atoms with E-state index in [2.05, 4.69) is 9.72 Å². The molecule has 17 heavy (non-hydrogen) atoms. The Morgan fingerprint density at radius 2 is 2.00 bits per heavy atom. The lowest BCUT2D eigenvalue weighted by atomic mass is 10.2. The monoisotopic (exact) mass is 355 g/mol. The number of H-pyrrole nitrogens is 1. The van der Waals surface area contributed by atoms with Gasteiger partial charge in [-0.25, -0.2) is 0 Å². The van der Waals surface area contributed by atoms with Crippen molar-refractivity contribution < 1.29 is 17.9 Å². The van der Waals surface area contributed by atoms with Gasteiger partial charge in [0.05, 0.1) is 14.5 Å². The maximum absolute atomic E-state index is 12.1. The number of ether oxygens (including phenoxy) is 1. The van der Waals surface area contributed by atoms with Gasteiger partial charge in [-0.1, -0.05) is 6.07 Å². The molecule has 7 heteroatoms. The second kappa shape index (κ2) is 4.21. The molecule has 0 spiro atoms. The van der Waals surface area contributed by atoms with Crippen molar-refractivity contribution in [3.8, 4) is 5.75 Å². The van der Waals surface area contributed by atoms with Crippen LogP contribution in [0.2, 0.25) is 0 Å². The van der Waals surface area contributed by atoms with Crippen molar-refractivity contribution in [2.75, 3.05) is 0 Å². The summed E-state index contributed by atoms with van der Waals surface area (Å²) in [5.74, 6) is -0.413. The predicted octanol–water partition coefficient (Wildman–Crippen LogP) is 3.03. The van der Waals surface area contributed by atoms with Crippen LogP contribution in [-0.2, 0) is 0 Å². The SMILES string of the molecule is O=c1c(I)c[nH]c2c(OC(F)(F)F)cccc12. The molecule has 2 rings (SSSR count). The fourth-order valence-electron chi connectivity index (χ4n) is 1.41. The van der Waals surface area contributed by atoms with Crippen LogP contribution in [0.4, 0.5) is 13.2 Å². The number of alkyl halides is 3. The summed E-state index contributed by atoms with van der Waals surface area (Å²) >= 11 is 1.81. The number of halogens is 4. The highest BCUT2D eigenvalue weighted by molar-refractivity contribution is 14.1. The zero-order valence-electron chi connectivity index (χ0n) is 8.14. The number of benzene rings is 1. The molecule has 0 aliphatic heterocycles. The van der Waals surface area contributed by atoms with E-state index in [4.69, 9.17) is 0 Å². The summed E-state index contributed by atoms with van der Waals surface area (Å²) in [5, 5.41) is 0.165. The average molecular weight is 355 g/mol. The molecule has 90 valence electrons. The molecular formula is C10H5F3INO2. The third kappa shape index (κ3) is 2.54. The van der Waals surface area contributed by atoms with Gasteiger partial charge in [0.1, 0.15) is 0 Å². The van der Waals surface area contributed by atoms with Crippen molar-refractivity contribution in [3.05, 3.63) is 38.2 Å². The molecule has 3 nitrogen and oxygen atoms in total. The molecule has 0 bridgehead atoms. The van der Waals surface area contributed by atoms with Gasteiger partial charge in [0.2, 0.25) is 5.43 Å². The van der Waals surface area contributed by atoms with Crippen LogP contribution in [-0.4, -0.2) is 11.3 Å². The van der Waals surface area contributed by atoms with Crippen molar-refractivity contribution >= 4 is 33.5 Å². The van der Waals surface area contributed by atoms with Crippen molar-refractivity contribution in [2.45, 2.75) is 6.36 Å². The summed E-state index contributed by atoms with van der Waals surface area (Å²) in [7, 11) is 0. The van der Waals surface area contributed by atoms with Gasteiger partial charge in [-0.3, -0.25) is 4.79 Å². The molecule has 0 saturated heterocycles. The maximum atomic E-state index is 12.1. The number of pyridine rings is 1. The van der Waals surface area contributed by atoms with Gasteiger partial charge in [-0.05, 0) is 34.7 Å². The first-order chi connectivity index (χ1) is 7.88. The number of aromatic amines is 1. The van der Waals surface area contributed by atoms with Crippen LogP contribution in [0.5, 0.6) is 5.75 Å². The number of nitrogens with one attached hydrogen (secondary N) is 1. The minimum absolute atomic E-state index is 0.0373. The molecule has 0 aliphatic rings. The van der Waals surface area contributed by atoms with Crippen molar-refractivity contribution in [1.82, 2.24) is 4.98 Å². The van der Waals surface area contributed by atoms with Crippen LogP contribution < -0.4 is 10.2 Å². The third-order valence-corrected chi connectivity index (χ3v) is 2.86. The quantitative estimate of drug-likeness (QED) is 0.800. The normalized spacial score (nSPS) is 11.8. The third-order valence-electron chi connectivity index (χ3n) is 2.06. The van der Waals surface area contributed by atoms with E-state index in [1.807, 2.05) is 0 Å². The van der Waals surface area contributed by atoms with Crippen LogP contribution in [0, 0.1) is 3.57 Å². The Morgan fingerprint density at radius 1 is 1.29 bits per heavy atom. The van der Waals surface area contributed by atoms with E-state index in [0.29, 0.717) is 3.57 Å². The summed E-state index contributed by atoms with van der Waals surface area (Å²) in [6.45, 7) is 0. The molecule has 0 unspecified atom stereocenters. The van der Waals surface area contributed by atoms with Crippen LogP contribution in [0.1, 0.15) is 0 Å². The molecule has 2 aromatic rings. The van der Waals surface area contributed by atoms with Crippen molar-refractivity contribution in [3.63, 3.8) is 0 Å². The smallest absolute Gasteiger partial charge is 0.404 e. The minimum Gasteiger partial charge on any atom is -0.404 e. The largest absolute Gasteiger partial charge is 0.573 e. The Balaban J connectivity index is 2.67. The number of hydrogen-bond acceptors (Lipinski definition) is 2. The van der Waals surface area contributed by atoms with Crippen molar-refractivity contribution in [2.24, 2.45) is 0 Å². The van der Waals surface area contributed by atoms with E-state index in [1.165, 1.54) is 18.3 Å². The van der Waals surface area contributed by atoms with E-state index in [0.717, 1.165) is 6.07 Å². The average Bonchev–Trinajstić information content (AvgIpc) is 2.22. The molecule has 1 heterocycles. The summed E-state index contributed by atoms with van der Waals surface area (Å²) in [4.78, 5) is 14.3. The molecule has 1 N–H and O–H groups in total. The number of hydrogen-bond donors (Lipinski definition) is 1. The molecule has 0 radical (unpaired) electrons. The van der Waals surface area contributed by atoms with Gasteiger partial charge in [0.15, 0.2) is 5.75 Å². The standard InChI is InChI=1S/C10H5F3INO2/c11-10(12,13)17-7-3-1-2-5-8(7)15-4-6(14)9(5)16/h1-4H,(H,15,16). The van der Waals surface area contributed by atoms with Gasteiger partial charge in [-0.15, -0.1) is 13.2 Å². The number of rotatable bonds is 1. The van der Waals surface area contributed by atoms with Crippen molar-refractivity contribution in [1.29, 1.82) is 0 Å². The lowest BCUT2D eigenvalue weighted by Gasteiger charge is -2.10. The molecular weight excluding hydrogens is 350 g/mol. The van der Waals surface area contributed by atoms with E-state index < -0.39 is 12.1 Å². The summed E-state index contributed by atoms with van der Waals surface area (Å²) in [6, 6.07) is 3.94. The number of para-hydroxylation sites is 1. The van der Waals surface area contributed by atoms with Gasteiger partial charge in [-0.2, -0.15) is 0 Å². The lowest BCUT2D eigenvalue weighted by Crippen LogP contribution is -2.18. The Labute approximate surface area is 107 Å². The zero-order valence-corrected chi connectivity index (χ0v) is 10.3. The first kappa shape index (κ1) is 12.2. The highest BCUT2D eigenvalue weighted by atomic mass is 127. The molecule has 0 aliphatic carbocycles. The Morgan fingerprint density at radius 3 is 2.65 bits per heavy atom. The topological polar surface area (TPSA) is 42.1 Å². The highest BCUT2D eigenvalue weighted by Gasteiger charge is 2.32. The number of fused-ring (bicyclic) bond motifs is 1. The molecule has 0 amide bonds. The van der Waals surface area contributed by atoms with Gasteiger partial charge in [0, 0.05) is 6.20 Å². The van der Waals surface area contributed by atoms with Gasteiger partial charge >= 0.3 is 6.36 Å². The summed E-state index contributed by atoms with van der Waals surface area (Å²) in [5.41, 5.74) is -0.290. The second-order valence-corrected chi connectivity index (χ2v) is 4.35. The van der Waals surface area contributed by atoms with Gasteiger partial charge in [0.25, 0.3) is 0 Å². The van der Waals surface area contributed by atoms with E-state index in [-0.39, 0.29) is 16.3 Å². The van der Waals surface area contributed by atoms with Crippen LogP contribution in [0.25, 0.3) is 10.9 Å². The fourth-order valence-corrected chi connectivity index (χ4v) is 1.85. The molecule has 0 fully saturated rings. The minimum atomic E-state index is -4.78.